The summed E-state index contributed by atoms with van der Waals surface area (Å²) >= 11 is 0. The number of nitriles is 1. The van der Waals surface area contributed by atoms with E-state index >= 15 is 0 Å². The highest BCUT2D eigenvalue weighted by Crippen LogP contribution is 2.33. The molecule has 2 rings (SSSR count). The number of nitrogens with one attached hydrogen (secondary N) is 1. The number of carbonyl (C=O) groups is 1. The second kappa shape index (κ2) is 5.32. The predicted octanol–water partition coefficient (Wildman–Crippen LogP) is 3.73. The SMILES string of the molecule is Cc1ccc(C(=O)Nc2ccc(C#N)c(C(F)(F)F)c2)o1. The standard InChI is InChI=1S/C14H9F3N2O2/c1-8-2-5-12(21-8)13(20)19-10-4-3-9(7-18)11(6-10)14(15,16)17/h2-6H,1H3,(H,19,20). The number of hydrogen-bond acceptors (Lipinski definition) is 3. The minimum atomic E-state index is -4.67. The number of furan rings is 1. The summed E-state index contributed by atoms with van der Waals surface area (Å²) in [5.41, 5.74) is -1.67. The quantitative estimate of drug-likeness (QED) is 0.917. The molecule has 4 nitrogen and oxygen atoms in total. The topological polar surface area (TPSA) is 66.0 Å². The van der Waals surface area contributed by atoms with E-state index in [4.69, 9.17) is 9.68 Å². The normalized spacial score (nSPS) is 11.0. The van der Waals surface area contributed by atoms with Gasteiger partial charge >= 0.3 is 6.18 Å². The Hall–Kier alpha value is -2.75. The minimum absolute atomic E-state index is 0.00887. The third-order valence-electron chi connectivity index (χ3n) is 2.67. The first-order chi connectivity index (χ1) is 9.81. The fourth-order valence-corrected chi connectivity index (χ4v) is 1.70. The Labute approximate surface area is 117 Å². The number of anilines is 1. The molecule has 0 aliphatic heterocycles. The number of halogens is 3. The van der Waals surface area contributed by atoms with E-state index in [0.717, 1.165) is 6.07 Å². The van der Waals surface area contributed by atoms with E-state index in [1.54, 1.807) is 13.0 Å². The van der Waals surface area contributed by atoms with Gasteiger partial charge in [-0.1, -0.05) is 0 Å². The Morgan fingerprint density at radius 1 is 1.29 bits per heavy atom. The van der Waals surface area contributed by atoms with Gasteiger partial charge in [-0.15, -0.1) is 0 Å². The maximum absolute atomic E-state index is 12.8. The lowest BCUT2D eigenvalue weighted by atomic mass is 10.1. The van der Waals surface area contributed by atoms with Crippen molar-refractivity contribution in [1.29, 1.82) is 5.26 Å². The fraction of sp³-hybridized carbons (Fsp3) is 0.143. The molecule has 1 heterocycles. The fourth-order valence-electron chi connectivity index (χ4n) is 1.70. The van der Waals surface area contributed by atoms with Gasteiger partial charge in [-0.05, 0) is 37.3 Å². The maximum atomic E-state index is 12.8. The van der Waals surface area contributed by atoms with Crippen molar-refractivity contribution in [1.82, 2.24) is 0 Å². The second-order valence-electron chi connectivity index (χ2n) is 4.23. The average molecular weight is 294 g/mol. The highest BCUT2D eigenvalue weighted by Gasteiger charge is 2.34. The molecule has 1 N–H and O–H groups in total. The van der Waals surface area contributed by atoms with E-state index < -0.39 is 23.2 Å². The van der Waals surface area contributed by atoms with Crippen LogP contribution in [0.15, 0.2) is 34.7 Å². The predicted molar refractivity (Wildman–Crippen MR) is 67.6 cm³/mol. The molecule has 0 aliphatic rings. The van der Waals surface area contributed by atoms with Crippen molar-refractivity contribution in [2.45, 2.75) is 13.1 Å². The van der Waals surface area contributed by atoms with E-state index in [2.05, 4.69) is 5.32 Å². The first-order valence-electron chi connectivity index (χ1n) is 5.80. The first-order valence-corrected chi connectivity index (χ1v) is 5.80. The lowest BCUT2D eigenvalue weighted by Crippen LogP contribution is -2.13. The van der Waals surface area contributed by atoms with E-state index in [1.165, 1.54) is 18.2 Å². The molecule has 2 aromatic rings. The Morgan fingerprint density at radius 2 is 2.00 bits per heavy atom. The largest absolute Gasteiger partial charge is 0.456 e. The van der Waals surface area contributed by atoms with Crippen LogP contribution in [0.1, 0.15) is 27.4 Å². The molecule has 7 heteroatoms. The zero-order valence-electron chi connectivity index (χ0n) is 10.8. The van der Waals surface area contributed by atoms with Crippen LogP contribution in [-0.2, 0) is 6.18 Å². The van der Waals surface area contributed by atoms with Gasteiger partial charge in [0.25, 0.3) is 5.91 Å². The smallest absolute Gasteiger partial charge is 0.417 e. The molecule has 1 amide bonds. The van der Waals surface area contributed by atoms with Gasteiger partial charge in [0.15, 0.2) is 5.76 Å². The third kappa shape index (κ3) is 3.23. The molecule has 0 saturated heterocycles. The van der Waals surface area contributed by atoms with Crippen molar-refractivity contribution >= 4 is 11.6 Å². The van der Waals surface area contributed by atoms with Crippen LogP contribution in [0.4, 0.5) is 18.9 Å². The van der Waals surface area contributed by atoms with Gasteiger partial charge in [-0.3, -0.25) is 4.79 Å². The van der Waals surface area contributed by atoms with Gasteiger partial charge in [0.1, 0.15) is 5.76 Å². The highest BCUT2D eigenvalue weighted by atomic mass is 19.4. The molecule has 0 bridgehead atoms. The molecule has 0 fully saturated rings. The molecule has 1 aromatic heterocycles. The zero-order chi connectivity index (χ0) is 15.6. The van der Waals surface area contributed by atoms with Crippen LogP contribution in [-0.4, -0.2) is 5.91 Å². The van der Waals surface area contributed by atoms with Crippen LogP contribution in [0.2, 0.25) is 0 Å². The number of amides is 1. The van der Waals surface area contributed by atoms with Gasteiger partial charge in [0.2, 0.25) is 0 Å². The first kappa shape index (κ1) is 14.7. The second-order valence-corrected chi connectivity index (χ2v) is 4.23. The summed E-state index contributed by atoms with van der Waals surface area (Å²) in [6.07, 6.45) is -4.67. The van der Waals surface area contributed by atoms with Crippen LogP contribution in [0.5, 0.6) is 0 Å². The van der Waals surface area contributed by atoms with E-state index in [1.807, 2.05) is 0 Å². The van der Waals surface area contributed by atoms with Crippen LogP contribution in [0.25, 0.3) is 0 Å². The van der Waals surface area contributed by atoms with Gasteiger partial charge < -0.3 is 9.73 Å². The van der Waals surface area contributed by atoms with Gasteiger partial charge in [0, 0.05) is 5.69 Å². The van der Waals surface area contributed by atoms with Gasteiger partial charge in [-0.2, -0.15) is 18.4 Å². The molecule has 0 atom stereocenters. The van der Waals surface area contributed by atoms with Crippen LogP contribution >= 0.6 is 0 Å². The number of benzene rings is 1. The van der Waals surface area contributed by atoms with E-state index in [-0.39, 0.29) is 11.4 Å². The molecule has 0 unspecified atom stereocenters. The molecule has 1 aromatic carbocycles. The summed E-state index contributed by atoms with van der Waals surface area (Å²) in [5.74, 6) is -0.165. The van der Waals surface area contributed by atoms with Crippen molar-refractivity contribution in [3.8, 4) is 6.07 Å². The summed E-state index contributed by atoms with van der Waals surface area (Å²) < 4.78 is 43.5. The van der Waals surface area contributed by atoms with Crippen LogP contribution in [0.3, 0.4) is 0 Å². The monoisotopic (exact) mass is 294 g/mol. The molecule has 108 valence electrons. The average Bonchev–Trinajstić information content (AvgIpc) is 2.84. The van der Waals surface area contributed by atoms with E-state index in [9.17, 15) is 18.0 Å². The molecule has 0 saturated carbocycles. The molecule has 0 radical (unpaired) electrons. The Bertz CT molecular complexity index is 727. The van der Waals surface area contributed by atoms with E-state index in [0.29, 0.717) is 11.8 Å². The summed E-state index contributed by atoms with van der Waals surface area (Å²) in [6.45, 7) is 1.64. The molecule has 0 spiro atoms. The molecule has 0 aliphatic carbocycles. The number of nitrogens with zero attached hydrogens (tertiary/aromatic N) is 1. The lowest BCUT2D eigenvalue weighted by Gasteiger charge is -2.11. The minimum Gasteiger partial charge on any atom is -0.456 e. The Kier molecular flexibility index (Phi) is 3.72. The number of carbonyl (C=O) groups excluding carboxylic acids is 1. The third-order valence-corrected chi connectivity index (χ3v) is 2.67. The molecular weight excluding hydrogens is 285 g/mol. The lowest BCUT2D eigenvalue weighted by molar-refractivity contribution is -0.137. The highest BCUT2D eigenvalue weighted by molar-refractivity contribution is 6.02. The zero-order valence-corrected chi connectivity index (χ0v) is 10.8. The van der Waals surface area contributed by atoms with Gasteiger partial charge in [0.05, 0.1) is 17.2 Å². The summed E-state index contributed by atoms with van der Waals surface area (Å²) in [5, 5.41) is 11.0. The summed E-state index contributed by atoms with van der Waals surface area (Å²) in [4.78, 5) is 11.8. The maximum Gasteiger partial charge on any atom is 0.417 e. The van der Waals surface area contributed by atoms with Crippen molar-refractivity contribution in [2.75, 3.05) is 5.32 Å². The summed E-state index contributed by atoms with van der Waals surface area (Å²) in [7, 11) is 0. The Morgan fingerprint density at radius 3 is 2.52 bits per heavy atom. The Balaban J connectivity index is 2.30. The number of aryl methyl sites for hydroxylation is 1. The number of hydrogen-bond donors (Lipinski definition) is 1. The van der Waals surface area contributed by atoms with Crippen molar-refractivity contribution in [3.63, 3.8) is 0 Å². The van der Waals surface area contributed by atoms with Crippen LogP contribution in [0, 0.1) is 18.3 Å². The number of alkyl halides is 3. The molecule has 21 heavy (non-hydrogen) atoms. The molecular formula is C14H9F3N2O2. The van der Waals surface area contributed by atoms with Gasteiger partial charge in [-0.25, -0.2) is 0 Å². The number of rotatable bonds is 2. The van der Waals surface area contributed by atoms with Crippen LogP contribution < -0.4 is 5.32 Å². The van der Waals surface area contributed by atoms with Crippen molar-refractivity contribution in [2.24, 2.45) is 0 Å². The van der Waals surface area contributed by atoms with Crippen molar-refractivity contribution in [3.05, 3.63) is 53.0 Å². The van der Waals surface area contributed by atoms with Crippen molar-refractivity contribution < 1.29 is 22.4 Å². The summed E-state index contributed by atoms with van der Waals surface area (Å²) in [6, 6.07) is 7.39.